The average Bonchev–Trinajstić information content (AvgIpc) is 2.09. The van der Waals surface area contributed by atoms with E-state index in [1.807, 2.05) is 0 Å². The summed E-state index contributed by atoms with van der Waals surface area (Å²) >= 11 is 0. The van der Waals surface area contributed by atoms with Gasteiger partial charge in [0.2, 0.25) is 0 Å². The molecule has 0 bridgehead atoms. The second-order valence-corrected chi connectivity index (χ2v) is 3.98. The van der Waals surface area contributed by atoms with E-state index in [0.29, 0.717) is 0 Å². The smallest absolute Gasteiger partial charge is 0.0324 e. The maximum atomic E-state index is 2.27. The Balaban J connectivity index is 3.25. The summed E-state index contributed by atoms with van der Waals surface area (Å²) in [5, 5.41) is 0. The first-order valence-electron chi connectivity index (χ1n) is 5.59. The minimum absolute atomic E-state index is 0.782. The number of hydrogen-bond donors (Lipinski definition) is 0. The van der Waals surface area contributed by atoms with E-state index in [4.69, 9.17) is 0 Å². The van der Waals surface area contributed by atoms with Gasteiger partial charge in [0.25, 0.3) is 0 Å². The maximum Gasteiger partial charge on any atom is -0.0324 e. The van der Waals surface area contributed by atoms with Gasteiger partial charge in [-0.25, -0.2) is 0 Å². The van der Waals surface area contributed by atoms with Crippen LogP contribution in [0, 0.1) is 5.92 Å². The van der Waals surface area contributed by atoms with E-state index in [9.17, 15) is 0 Å². The van der Waals surface area contributed by atoms with Crippen LogP contribution in [-0.4, -0.2) is 0 Å². The Morgan fingerprint density at radius 2 is 1.69 bits per heavy atom. The van der Waals surface area contributed by atoms with Crippen LogP contribution in [0.3, 0.4) is 0 Å². The fourth-order valence-corrected chi connectivity index (χ4v) is 1.12. The lowest BCUT2D eigenvalue weighted by Gasteiger charge is -1.94. The van der Waals surface area contributed by atoms with Gasteiger partial charge in [-0.2, -0.15) is 0 Å². The highest BCUT2D eigenvalue weighted by Gasteiger charge is 1.85. The van der Waals surface area contributed by atoms with E-state index in [1.54, 1.807) is 0 Å². The fourth-order valence-electron chi connectivity index (χ4n) is 1.12. The second kappa shape index (κ2) is 9.57. The minimum atomic E-state index is 0.782. The minimum Gasteiger partial charge on any atom is -0.0845 e. The van der Waals surface area contributed by atoms with Crippen LogP contribution < -0.4 is 0 Å². The lowest BCUT2D eigenvalue weighted by molar-refractivity contribution is 0.664. The summed E-state index contributed by atoms with van der Waals surface area (Å²) in [4.78, 5) is 0. The van der Waals surface area contributed by atoms with E-state index >= 15 is 0 Å². The molecule has 0 aromatic heterocycles. The summed E-state index contributed by atoms with van der Waals surface area (Å²) in [5.74, 6) is 0.782. The molecule has 0 heterocycles. The molecule has 0 heteroatoms. The first kappa shape index (κ1) is 12.5. The molecular formula is C13H24. The van der Waals surface area contributed by atoms with Gasteiger partial charge in [-0.3, -0.25) is 0 Å². The Kier molecular flexibility index (Phi) is 9.18. The van der Waals surface area contributed by atoms with Gasteiger partial charge in [-0.1, -0.05) is 57.9 Å². The standard InChI is InChI=1S/C13H24/c1-4-5-6-7-8-9-10-11-12-13(2)3/h8-11,13H,4-7,12H2,1-3H3. The molecule has 0 spiro atoms. The predicted octanol–water partition coefficient (Wildman–Crippen LogP) is 4.73. The van der Waals surface area contributed by atoms with E-state index in [1.165, 1.54) is 32.1 Å². The first-order chi connectivity index (χ1) is 6.27. The molecule has 0 radical (unpaired) electrons. The van der Waals surface area contributed by atoms with Crippen LogP contribution in [0.2, 0.25) is 0 Å². The van der Waals surface area contributed by atoms with E-state index in [2.05, 4.69) is 45.1 Å². The van der Waals surface area contributed by atoms with Crippen LogP contribution in [0.4, 0.5) is 0 Å². The van der Waals surface area contributed by atoms with Crippen LogP contribution in [0.1, 0.15) is 52.9 Å². The Morgan fingerprint density at radius 1 is 1.00 bits per heavy atom. The van der Waals surface area contributed by atoms with Crippen molar-refractivity contribution in [2.24, 2.45) is 5.92 Å². The van der Waals surface area contributed by atoms with Crippen molar-refractivity contribution in [2.45, 2.75) is 52.9 Å². The summed E-state index contributed by atoms with van der Waals surface area (Å²) in [7, 11) is 0. The molecule has 0 saturated heterocycles. The zero-order valence-corrected chi connectivity index (χ0v) is 9.42. The summed E-state index contributed by atoms with van der Waals surface area (Å²) in [6.45, 7) is 6.73. The molecule has 0 unspecified atom stereocenters. The van der Waals surface area contributed by atoms with E-state index in [-0.39, 0.29) is 0 Å². The lowest BCUT2D eigenvalue weighted by Crippen LogP contribution is -1.80. The highest BCUT2D eigenvalue weighted by Crippen LogP contribution is 2.01. The highest BCUT2D eigenvalue weighted by molar-refractivity contribution is 5.02. The van der Waals surface area contributed by atoms with Gasteiger partial charge in [-0.05, 0) is 25.2 Å². The number of unbranched alkanes of at least 4 members (excludes halogenated alkanes) is 3. The quantitative estimate of drug-likeness (QED) is 0.392. The van der Waals surface area contributed by atoms with Crippen molar-refractivity contribution in [3.63, 3.8) is 0 Å². The van der Waals surface area contributed by atoms with E-state index in [0.717, 1.165) is 5.92 Å². The predicted molar refractivity (Wildman–Crippen MR) is 61.9 cm³/mol. The zero-order chi connectivity index (χ0) is 9.94. The van der Waals surface area contributed by atoms with Crippen molar-refractivity contribution in [2.75, 3.05) is 0 Å². The zero-order valence-electron chi connectivity index (χ0n) is 9.42. The van der Waals surface area contributed by atoms with Gasteiger partial charge in [-0.15, -0.1) is 0 Å². The molecule has 13 heavy (non-hydrogen) atoms. The molecule has 0 aromatic rings. The molecule has 0 fully saturated rings. The molecule has 76 valence electrons. The van der Waals surface area contributed by atoms with Crippen LogP contribution in [0.5, 0.6) is 0 Å². The van der Waals surface area contributed by atoms with Crippen LogP contribution >= 0.6 is 0 Å². The van der Waals surface area contributed by atoms with Crippen molar-refractivity contribution in [3.05, 3.63) is 24.3 Å². The third-order valence-corrected chi connectivity index (χ3v) is 1.97. The summed E-state index contributed by atoms with van der Waals surface area (Å²) in [5.41, 5.74) is 0. The number of allylic oxidation sites excluding steroid dienone is 4. The normalized spacial score (nSPS) is 12.3. The summed E-state index contributed by atoms with van der Waals surface area (Å²) in [6, 6.07) is 0. The molecule has 0 rings (SSSR count). The Hall–Kier alpha value is -0.520. The van der Waals surface area contributed by atoms with Gasteiger partial charge >= 0.3 is 0 Å². The molecule has 0 atom stereocenters. The Bertz CT molecular complexity index is 140. The Morgan fingerprint density at radius 3 is 2.31 bits per heavy atom. The average molecular weight is 180 g/mol. The Labute approximate surface area is 83.7 Å². The van der Waals surface area contributed by atoms with E-state index < -0.39 is 0 Å². The SMILES string of the molecule is CCCCCC=CC=CCC(C)C. The van der Waals surface area contributed by atoms with Gasteiger partial charge in [0, 0.05) is 0 Å². The maximum absolute atomic E-state index is 2.27. The number of rotatable bonds is 7. The largest absolute Gasteiger partial charge is 0.0845 e. The highest BCUT2D eigenvalue weighted by atomic mass is 13.9. The van der Waals surface area contributed by atoms with Crippen molar-refractivity contribution >= 4 is 0 Å². The second-order valence-electron chi connectivity index (χ2n) is 3.98. The molecular weight excluding hydrogens is 156 g/mol. The number of hydrogen-bond acceptors (Lipinski definition) is 0. The van der Waals surface area contributed by atoms with Gasteiger partial charge in [0.05, 0.1) is 0 Å². The first-order valence-corrected chi connectivity index (χ1v) is 5.59. The summed E-state index contributed by atoms with van der Waals surface area (Å²) < 4.78 is 0. The third-order valence-electron chi connectivity index (χ3n) is 1.97. The molecule has 0 aliphatic rings. The topological polar surface area (TPSA) is 0 Å². The molecule has 0 N–H and O–H groups in total. The molecule has 0 aliphatic heterocycles. The molecule has 0 nitrogen and oxygen atoms in total. The van der Waals surface area contributed by atoms with Gasteiger partial charge < -0.3 is 0 Å². The van der Waals surface area contributed by atoms with Crippen LogP contribution in [0.25, 0.3) is 0 Å². The molecule has 0 aromatic carbocycles. The summed E-state index contributed by atoms with van der Waals surface area (Å²) in [6.07, 6.45) is 15.3. The molecule has 0 aliphatic carbocycles. The van der Waals surface area contributed by atoms with Crippen molar-refractivity contribution in [3.8, 4) is 0 Å². The third kappa shape index (κ3) is 11.5. The van der Waals surface area contributed by atoms with Crippen molar-refractivity contribution in [1.82, 2.24) is 0 Å². The van der Waals surface area contributed by atoms with Crippen LogP contribution in [-0.2, 0) is 0 Å². The van der Waals surface area contributed by atoms with Gasteiger partial charge in [0.15, 0.2) is 0 Å². The molecule has 0 saturated carbocycles. The molecule has 0 amide bonds. The van der Waals surface area contributed by atoms with Crippen molar-refractivity contribution < 1.29 is 0 Å². The van der Waals surface area contributed by atoms with Crippen molar-refractivity contribution in [1.29, 1.82) is 0 Å². The lowest BCUT2D eigenvalue weighted by atomic mass is 10.1. The van der Waals surface area contributed by atoms with Crippen LogP contribution in [0.15, 0.2) is 24.3 Å². The monoisotopic (exact) mass is 180 g/mol. The fraction of sp³-hybridized carbons (Fsp3) is 0.692. The van der Waals surface area contributed by atoms with Gasteiger partial charge in [0.1, 0.15) is 0 Å².